The number of halogens is 1. The second kappa shape index (κ2) is 11.5. The van der Waals surface area contributed by atoms with E-state index >= 15 is 0 Å². The van der Waals surface area contributed by atoms with E-state index in [1.54, 1.807) is 25.1 Å². The van der Waals surface area contributed by atoms with E-state index in [0.29, 0.717) is 17.6 Å². The molecule has 9 nitrogen and oxygen atoms in total. The first-order valence-electron chi connectivity index (χ1n) is 13.2. The van der Waals surface area contributed by atoms with Gasteiger partial charge < -0.3 is 24.1 Å². The molecule has 10 heteroatoms. The molecule has 3 aromatic carbocycles. The van der Waals surface area contributed by atoms with Gasteiger partial charge in [-0.15, -0.1) is 0 Å². The van der Waals surface area contributed by atoms with Crippen molar-refractivity contribution in [3.05, 3.63) is 113 Å². The van der Waals surface area contributed by atoms with Crippen LogP contribution in [0.3, 0.4) is 0 Å². The Hall–Kier alpha value is -4.02. The molecule has 0 spiro atoms. The topological polar surface area (TPSA) is 101 Å². The molecular weight excluding hydrogens is 544 g/mol. The van der Waals surface area contributed by atoms with E-state index < -0.39 is 24.0 Å². The summed E-state index contributed by atoms with van der Waals surface area (Å²) in [4.78, 5) is 12.7. The molecule has 3 atom stereocenters. The number of aromatic nitrogens is 4. The van der Waals surface area contributed by atoms with Crippen LogP contribution in [-0.4, -0.2) is 57.7 Å². The molecule has 0 amide bonds. The lowest BCUT2D eigenvalue weighted by Crippen LogP contribution is -2.38. The summed E-state index contributed by atoms with van der Waals surface area (Å²) < 4.78 is 25.9. The number of ether oxygens (including phenoxy) is 4. The number of fused-ring (bicyclic) bond motifs is 1. The van der Waals surface area contributed by atoms with E-state index in [9.17, 15) is 5.11 Å². The smallest absolute Gasteiger partial charge is 0.166 e. The third-order valence-corrected chi connectivity index (χ3v) is 7.74. The fraction of sp³-hybridized carbons (Fsp3) is 0.258. The highest BCUT2D eigenvalue weighted by molar-refractivity contribution is 6.33. The minimum Gasteiger partial charge on any atom is -0.497 e. The van der Waals surface area contributed by atoms with Crippen LogP contribution in [0.2, 0.25) is 5.15 Å². The first-order valence-corrected chi connectivity index (χ1v) is 13.6. The van der Waals surface area contributed by atoms with E-state index in [-0.39, 0.29) is 11.8 Å². The van der Waals surface area contributed by atoms with Crippen molar-refractivity contribution in [1.29, 1.82) is 0 Å². The second-order valence-electron chi connectivity index (χ2n) is 9.74. The molecule has 1 fully saturated rings. The normalized spacial score (nSPS) is 19.0. The van der Waals surface area contributed by atoms with Crippen molar-refractivity contribution < 1.29 is 24.1 Å². The third-order valence-electron chi connectivity index (χ3n) is 7.47. The number of hydrogen-bond donors (Lipinski definition) is 1. The third kappa shape index (κ3) is 5.02. The lowest BCUT2D eigenvalue weighted by Gasteiger charge is -2.37. The molecule has 41 heavy (non-hydrogen) atoms. The van der Waals surface area contributed by atoms with Gasteiger partial charge in [0.1, 0.15) is 41.3 Å². The first-order chi connectivity index (χ1) is 20.0. The summed E-state index contributed by atoms with van der Waals surface area (Å²) in [6.07, 6.45) is 1.43. The number of aliphatic hydroxyl groups excluding tert-OH is 1. The Bertz CT molecular complexity index is 1560. The minimum atomic E-state index is -1.02. The highest BCUT2D eigenvalue weighted by Gasteiger charge is 2.42. The van der Waals surface area contributed by atoms with Crippen molar-refractivity contribution >= 4 is 22.8 Å². The van der Waals surface area contributed by atoms with Crippen LogP contribution < -0.4 is 9.47 Å². The Morgan fingerprint density at radius 3 is 2.10 bits per heavy atom. The Morgan fingerprint density at radius 2 is 1.49 bits per heavy atom. The maximum atomic E-state index is 11.1. The Kier molecular flexibility index (Phi) is 7.59. The van der Waals surface area contributed by atoms with Gasteiger partial charge in [0.05, 0.1) is 33.3 Å². The van der Waals surface area contributed by atoms with E-state index in [1.807, 2.05) is 78.9 Å². The lowest BCUT2D eigenvalue weighted by atomic mass is 9.80. The summed E-state index contributed by atoms with van der Waals surface area (Å²) in [6, 6.07) is 25.6. The summed E-state index contributed by atoms with van der Waals surface area (Å²) in [5, 5.41) is 11.4. The van der Waals surface area contributed by atoms with Crippen LogP contribution in [0.25, 0.3) is 11.2 Å². The van der Waals surface area contributed by atoms with Crippen molar-refractivity contribution in [2.75, 3.05) is 20.8 Å². The zero-order valence-electron chi connectivity index (χ0n) is 22.6. The standard InChI is InChI=1S/C31H29ClN4O5/c1-38-23-12-8-21(9-13-23)31(20-6-4-3-5-7-20,22-10-14-24(39-2)15-11-22)40-17-26-25(37)16-27(41-26)36-19-35-28-29(32)33-18-34-30(28)36/h3-15,18-19,25-27,37H,16-17H2,1-2H3. The molecule has 0 bridgehead atoms. The number of methoxy groups -OCH3 is 2. The number of imidazole rings is 1. The van der Waals surface area contributed by atoms with Gasteiger partial charge in [-0.2, -0.15) is 0 Å². The van der Waals surface area contributed by atoms with Crippen molar-refractivity contribution in [3.63, 3.8) is 0 Å². The Morgan fingerprint density at radius 1 is 0.878 bits per heavy atom. The largest absolute Gasteiger partial charge is 0.497 e. The molecule has 0 aliphatic carbocycles. The van der Waals surface area contributed by atoms with E-state index in [1.165, 1.54) is 6.33 Å². The fourth-order valence-electron chi connectivity index (χ4n) is 5.35. The van der Waals surface area contributed by atoms with Crippen LogP contribution in [-0.2, 0) is 15.1 Å². The predicted octanol–water partition coefficient (Wildman–Crippen LogP) is 5.15. The summed E-state index contributed by atoms with van der Waals surface area (Å²) in [6.45, 7) is 0.104. The summed E-state index contributed by atoms with van der Waals surface area (Å²) in [7, 11) is 3.27. The molecule has 5 aromatic rings. The minimum absolute atomic E-state index is 0.104. The van der Waals surface area contributed by atoms with Gasteiger partial charge in [0, 0.05) is 6.42 Å². The number of nitrogens with zero attached hydrogens (tertiary/aromatic N) is 4. The molecule has 3 unspecified atom stereocenters. The average molecular weight is 573 g/mol. The maximum absolute atomic E-state index is 11.1. The van der Waals surface area contributed by atoms with Gasteiger partial charge in [-0.3, -0.25) is 4.57 Å². The van der Waals surface area contributed by atoms with Crippen molar-refractivity contribution in [2.45, 2.75) is 30.5 Å². The molecule has 210 valence electrons. The molecule has 6 rings (SSSR count). The lowest BCUT2D eigenvalue weighted by molar-refractivity contribution is -0.0931. The van der Waals surface area contributed by atoms with Gasteiger partial charge in [0.25, 0.3) is 0 Å². The molecular formula is C31H29ClN4O5. The van der Waals surface area contributed by atoms with Crippen LogP contribution in [0.15, 0.2) is 91.5 Å². The van der Waals surface area contributed by atoms with Crippen molar-refractivity contribution in [3.8, 4) is 11.5 Å². The Labute approximate surface area is 242 Å². The van der Waals surface area contributed by atoms with Gasteiger partial charge in [0.2, 0.25) is 0 Å². The van der Waals surface area contributed by atoms with E-state index in [0.717, 1.165) is 28.2 Å². The maximum Gasteiger partial charge on any atom is 0.166 e. The number of benzene rings is 3. The molecule has 1 N–H and O–H groups in total. The molecule has 1 saturated heterocycles. The molecule has 1 aliphatic rings. The number of aliphatic hydroxyl groups is 1. The summed E-state index contributed by atoms with van der Waals surface area (Å²) in [5.41, 5.74) is 2.71. The quantitative estimate of drug-likeness (QED) is 0.191. The zero-order chi connectivity index (χ0) is 28.4. The van der Waals surface area contributed by atoms with E-state index in [2.05, 4.69) is 15.0 Å². The summed E-state index contributed by atoms with van der Waals surface area (Å²) in [5.74, 6) is 1.47. The van der Waals surface area contributed by atoms with Gasteiger partial charge >= 0.3 is 0 Å². The van der Waals surface area contributed by atoms with Crippen molar-refractivity contribution in [2.24, 2.45) is 0 Å². The Balaban J connectivity index is 1.37. The van der Waals surface area contributed by atoms with Gasteiger partial charge in [-0.05, 0) is 41.0 Å². The molecule has 0 radical (unpaired) electrons. The van der Waals surface area contributed by atoms with Gasteiger partial charge in [0.15, 0.2) is 10.8 Å². The van der Waals surface area contributed by atoms with Crippen LogP contribution in [0.1, 0.15) is 29.3 Å². The fourth-order valence-corrected chi connectivity index (χ4v) is 5.53. The van der Waals surface area contributed by atoms with Crippen LogP contribution >= 0.6 is 11.6 Å². The SMILES string of the molecule is COc1ccc(C(OCC2OC(n3cnc4c(Cl)ncnc43)CC2O)(c2ccccc2)c2ccc(OC)cc2)cc1. The van der Waals surface area contributed by atoms with Crippen LogP contribution in [0.4, 0.5) is 0 Å². The highest BCUT2D eigenvalue weighted by atomic mass is 35.5. The average Bonchev–Trinajstić information content (AvgIpc) is 3.62. The summed E-state index contributed by atoms with van der Waals surface area (Å²) >= 11 is 6.19. The van der Waals surface area contributed by atoms with Gasteiger partial charge in [-0.25, -0.2) is 15.0 Å². The van der Waals surface area contributed by atoms with Crippen molar-refractivity contribution in [1.82, 2.24) is 19.5 Å². The number of hydrogen-bond acceptors (Lipinski definition) is 8. The monoisotopic (exact) mass is 572 g/mol. The first kappa shape index (κ1) is 27.2. The molecule has 1 aliphatic heterocycles. The highest BCUT2D eigenvalue weighted by Crippen LogP contribution is 2.43. The van der Waals surface area contributed by atoms with E-state index in [4.69, 9.17) is 30.5 Å². The predicted molar refractivity (Wildman–Crippen MR) is 153 cm³/mol. The molecule has 2 aromatic heterocycles. The van der Waals surface area contributed by atoms with Crippen LogP contribution in [0.5, 0.6) is 11.5 Å². The second-order valence-corrected chi connectivity index (χ2v) is 10.1. The van der Waals surface area contributed by atoms with Crippen LogP contribution in [0, 0.1) is 0 Å². The molecule has 0 saturated carbocycles. The zero-order valence-corrected chi connectivity index (χ0v) is 23.3. The van der Waals surface area contributed by atoms with Gasteiger partial charge in [-0.1, -0.05) is 66.2 Å². The number of rotatable bonds is 9. The molecule has 3 heterocycles.